The Labute approximate surface area is 102 Å². The lowest BCUT2D eigenvalue weighted by molar-refractivity contribution is -0.141. The van der Waals surface area contributed by atoms with Crippen LogP contribution in [0.2, 0.25) is 0 Å². The van der Waals surface area contributed by atoms with Crippen molar-refractivity contribution in [1.82, 2.24) is 0 Å². The number of hydrogen-bond acceptors (Lipinski definition) is 3. The Balaban J connectivity index is 2.74. The first-order valence-electron chi connectivity index (χ1n) is 5.74. The van der Waals surface area contributed by atoms with E-state index in [-0.39, 0.29) is 5.97 Å². The van der Waals surface area contributed by atoms with Gasteiger partial charge in [0.15, 0.2) is 0 Å². The summed E-state index contributed by atoms with van der Waals surface area (Å²) in [4.78, 5) is 14.0. The van der Waals surface area contributed by atoms with Crippen molar-refractivity contribution in [3.8, 4) is 0 Å². The third-order valence-corrected chi connectivity index (χ3v) is 4.30. The van der Waals surface area contributed by atoms with Crippen LogP contribution in [-0.4, -0.2) is 13.1 Å². The van der Waals surface area contributed by atoms with Gasteiger partial charge in [0.25, 0.3) is 0 Å². The molecule has 1 heterocycles. The number of hydrogen-bond donors (Lipinski definition) is 0. The first-order chi connectivity index (χ1) is 7.58. The fourth-order valence-corrected chi connectivity index (χ4v) is 2.83. The average Bonchev–Trinajstić information content (AvgIpc) is 2.74. The van der Waals surface area contributed by atoms with Crippen molar-refractivity contribution in [2.45, 2.75) is 45.4 Å². The van der Waals surface area contributed by atoms with E-state index < -0.39 is 0 Å². The van der Waals surface area contributed by atoms with Crippen molar-refractivity contribution >= 4 is 17.3 Å². The number of carbonyl (C=O) groups is 1. The van der Waals surface area contributed by atoms with Crippen LogP contribution < -0.4 is 0 Å². The topological polar surface area (TPSA) is 26.3 Å². The minimum atomic E-state index is -0.119. The summed E-state index contributed by atoms with van der Waals surface area (Å²) in [5.74, 6) is 0.755. The van der Waals surface area contributed by atoms with Gasteiger partial charge < -0.3 is 4.74 Å². The molecule has 0 aliphatic heterocycles. The number of methoxy groups -OCH3 is 1. The molecule has 0 saturated heterocycles. The van der Waals surface area contributed by atoms with E-state index in [1.165, 1.54) is 16.9 Å². The molecule has 2 nitrogen and oxygen atoms in total. The molecular weight excluding hydrogens is 220 g/mol. The van der Waals surface area contributed by atoms with Crippen LogP contribution in [-0.2, 0) is 9.53 Å². The van der Waals surface area contributed by atoms with Gasteiger partial charge in [0.1, 0.15) is 0 Å². The standard InChI is InChI=1S/C13H20O2S/c1-5-10(8-13(14)15-4)12-7-6-11(16-12)9(2)3/h6-7,9-10H,5,8H2,1-4H3. The van der Waals surface area contributed by atoms with Crippen LogP contribution in [0, 0.1) is 0 Å². The molecular formula is C13H20O2S. The second-order valence-electron chi connectivity index (χ2n) is 4.28. The fraction of sp³-hybridized carbons (Fsp3) is 0.615. The molecule has 16 heavy (non-hydrogen) atoms. The van der Waals surface area contributed by atoms with Crippen LogP contribution in [0.25, 0.3) is 0 Å². The summed E-state index contributed by atoms with van der Waals surface area (Å²) in [6.07, 6.45) is 1.47. The minimum Gasteiger partial charge on any atom is -0.469 e. The van der Waals surface area contributed by atoms with Gasteiger partial charge in [-0.05, 0) is 24.5 Å². The Bertz CT molecular complexity index is 341. The van der Waals surface area contributed by atoms with E-state index >= 15 is 0 Å². The molecule has 0 aliphatic carbocycles. The lowest BCUT2D eigenvalue weighted by Gasteiger charge is -2.11. The van der Waals surface area contributed by atoms with Gasteiger partial charge in [0.2, 0.25) is 0 Å². The van der Waals surface area contributed by atoms with Crippen molar-refractivity contribution in [2.24, 2.45) is 0 Å². The molecule has 0 radical (unpaired) electrons. The van der Waals surface area contributed by atoms with Gasteiger partial charge in [0, 0.05) is 15.7 Å². The Morgan fingerprint density at radius 1 is 1.38 bits per heavy atom. The predicted octanol–water partition coefficient (Wildman–Crippen LogP) is 3.93. The van der Waals surface area contributed by atoms with E-state index in [1.807, 2.05) is 11.3 Å². The van der Waals surface area contributed by atoms with E-state index in [0.717, 1.165) is 6.42 Å². The third-order valence-electron chi connectivity index (χ3n) is 2.75. The van der Waals surface area contributed by atoms with Crippen molar-refractivity contribution < 1.29 is 9.53 Å². The zero-order valence-corrected chi connectivity index (χ0v) is 11.3. The number of thiophene rings is 1. The van der Waals surface area contributed by atoms with Gasteiger partial charge in [-0.1, -0.05) is 20.8 Å². The normalized spacial score (nSPS) is 12.8. The van der Waals surface area contributed by atoms with Crippen molar-refractivity contribution in [3.05, 3.63) is 21.9 Å². The van der Waals surface area contributed by atoms with Gasteiger partial charge in [-0.25, -0.2) is 0 Å². The molecule has 0 aliphatic rings. The minimum absolute atomic E-state index is 0.119. The summed E-state index contributed by atoms with van der Waals surface area (Å²) in [5.41, 5.74) is 0. The number of ether oxygens (including phenoxy) is 1. The van der Waals surface area contributed by atoms with Crippen LogP contribution >= 0.6 is 11.3 Å². The molecule has 1 aromatic heterocycles. The lowest BCUT2D eigenvalue weighted by Crippen LogP contribution is -2.06. The van der Waals surface area contributed by atoms with Gasteiger partial charge in [-0.15, -0.1) is 11.3 Å². The third kappa shape index (κ3) is 3.34. The highest BCUT2D eigenvalue weighted by Crippen LogP contribution is 2.33. The quantitative estimate of drug-likeness (QED) is 0.729. The van der Waals surface area contributed by atoms with Gasteiger partial charge in [0.05, 0.1) is 13.5 Å². The highest BCUT2D eigenvalue weighted by atomic mass is 32.1. The second-order valence-corrected chi connectivity index (χ2v) is 5.43. The first kappa shape index (κ1) is 13.2. The molecule has 0 N–H and O–H groups in total. The smallest absolute Gasteiger partial charge is 0.306 e. The molecule has 1 atom stereocenters. The molecule has 3 heteroatoms. The van der Waals surface area contributed by atoms with Gasteiger partial charge in [-0.3, -0.25) is 4.79 Å². The summed E-state index contributed by atoms with van der Waals surface area (Å²) in [5, 5.41) is 0. The van der Waals surface area contributed by atoms with Crippen molar-refractivity contribution in [2.75, 3.05) is 7.11 Å². The van der Waals surface area contributed by atoms with Crippen LogP contribution in [0.4, 0.5) is 0 Å². The predicted molar refractivity (Wildman–Crippen MR) is 68.1 cm³/mol. The second kappa shape index (κ2) is 6.04. The maximum absolute atomic E-state index is 11.3. The van der Waals surface area contributed by atoms with E-state index in [0.29, 0.717) is 18.3 Å². The number of esters is 1. The largest absolute Gasteiger partial charge is 0.469 e. The summed E-state index contributed by atoms with van der Waals surface area (Å²) < 4.78 is 4.72. The maximum atomic E-state index is 11.3. The Morgan fingerprint density at radius 2 is 2.00 bits per heavy atom. The van der Waals surface area contributed by atoms with Crippen molar-refractivity contribution in [3.63, 3.8) is 0 Å². The van der Waals surface area contributed by atoms with Crippen LogP contribution in [0.3, 0.4) is 0 Å². The molecule has 0 aromatic carbocycles. The molecule has 1 rings (SSSR count). The van der Waals surface area contributed by atoms with Crippen LogP contribution in [0.15, 0.2) is 12.1 Å². The Hall–Kier alpha value is -0.830. The first-order valence-corrected chi connectivity index (χ1v) is 6.56. The Kier molecular flexibility index (Phi) is 5.00. The SMILES string of the molecule is CCC(CC(=O)OC)c1ccc(C(C)C)s1. The summed E-state index contributed by atoms with van der Waals surface area (Å²) in [6.45, 7) is 6.50. The zero-order valence-electron chi connectivity index (χ0n) is 10.4. The molecule has 0 spiro atoms. The molecule has 0 saturated carbocycles. The molecule has 0 bridgehead atoms. The van der Waals surface area contributed by atoms with Crippen LogP contribution in [0.5, 0.6) is 0 Å². The summed E-state index contributed by atoms with van der Waals surface area (Å²) in [6, 6.07) is 4.32. The van der Waals surface area contributed by atoms with Gasteiger partial charge in [-0.2, -0.15) is 0 Å². The van der Waals surface area contributed by atoms with Crippen LogP contribution in [0.1, 0.15) is 55.2 Å². The average molecular weight is 240 g/mol. The Morgan fingerprint density at radius 3 is 2.44 bits per heavy atom. The monoisotopic (exact) mass is 240 g/mol. The zero-order chi connectivity index (χ0) is 12.1. The van der Waals surface area contributed by atoms with E-state index in [2.05, 4.69) is 32.9 Å². The highest BCUT2D eigenvalue weighted by molar-refractivity contribution is 7.12. The van der Waals surface area contributed by atoms with Crippen molar-refractivity contribution in [1.29, 1.82) is 0 Å². The summed E-state index contributed by atoms with van der Waals surface area (Å²) in [7, 11) is 1.45. The van der Waals surface area contributed by atoms with E-state index in [1.54, 1.807) is 0 Å². The molecule has 0 amide bonds. The molecule has 0 fully saturated rings. The summed E-state index contributed by atoms with van der Waals surface area (Å²) >= 11 is 1.82. The molecule has 1 unspecified atom stereocenters. The van der Waals surface area contributed by atoms with Gasteiger partial charge >= 0.3 is 5.97 Å². The number of carbonyl (C=O) groups excluding carboxylic acids is 1. The molecule has 90 valence electrons. The fourth-order valence-electron chi connectivity index (χ4n) is 1.63. The van der Waals surface area contributed by atoms with E-state index in [9.17, 15) is 4.79 Å². The lowest BCUT2D eigenvalue weighted by atomic mass is 10.0. The van der Waals surface area contributed by atoms with E-state index in [4.69, 9.17) is 4.74 Å². The highest BCUT2D eigenvalue weighted by Gasteiger charge is 2.17. The maximum Gasteiger partial charge on any atom is 0.306 e. The number of rotatable bonds is 5. The molecule has 1 aromatic rings.